The third-order valence-corrected chi connectivity index (χ3v) is 4.21. The van der Waals surface area contributed by atoms with Crippen LogP contribution in [0.3, 0.4) is 0 Å². The standard InChI is InChI=1S/C15H30N2O2/c1-5-16-15(3,14(18)19-6-2)11-12-17(4)13-9-7-8-10-13/h13,16H,5-12H2,1-4H3. The molecule has 112 valence electrons. The van der Waals surface area contributed by atoms with Gasteiger partial charge in [-0.3, -0.25) is 4.79 Å². The number of hydrogen-bond donors (Lipinski definition) is 1. The smallest absolute Gasteiger partial charge is 0.326 e. The number of rotatable bonds is 8. The van der Waals surface area contributed by atoms with E-state index in [0.29, 0.717) is 12.6 Å². The molecule has 0 aromatic carbocycles. The van der Waals surface area contributed by atoms with E-state index in [2.05, 4.69) is 17.3 Å². The van der Waals surface area contributed by atoms with Gasteiger partial charge >= 0.3 is 5.97 Å². The molecule has 1 unspecified atom stereocenters. The van der Waals surface area contributed by atoms with Gasteiger partial charge in [0.2, 0.25) is 0 Å². The van der Waals surface area contributed by atoms with E-state index in [9.17, 15) is 4.79 Å². The molecule has 1 rings (SSSR count). The average Bonchev–Trinajstić information content (AvgIpc) is 2.90. The van der Waals surface area contributed by atoms with Gasteiger partial charge in [-0.2, -0.15) is 0 Å². The van der Waals surface area contributed by atoms with Crippen LogP contribution >= 0.6 is 0 Å². The number of hydrogen-bond acceptors (Lipinski definition) is 4. The van der Waals surface area contributed by atoms with Crippen molar-refractivity contribution in [2.45, 2.75) is 64.5 Å². The van der Waals surface area contributed by atoms with Crippen LogP contribution in [0.2, 0.25) is 0 Å². The molecule has 0 aliphatic heterocycles. The van der Waals surface area contributed by atoms with Gasteiger partial charge in [-0.05, 0) is 46.7 Å². The van der Waals surface area contributed by atoms with Gasteiger partial charge in [-0.15, -0.1) is 0 Å². The quantitative estimate of drug-likeness (QED) is 0.686. The lowest BCUT2D eigenvalue weighted by Gasteiger charge is -2.32. The first-order valence-corrected chi connectivity index (χ1v) is 7.66. The van der Waals surface area contributed by atoms with Crippen LogP contribution in [0, 0.1) is 0 Å². The van der Waals surface area contributed by atoms with E-state index in [0.717, 1.165) is 19.5 Å². The van der Waals surface area contributed by atoms with Gasteiger partial charge in [-0.1, -0.05) is 19.8 Å². The minimum absolute atomic E-state index is 0.128. The Kier molecular flexibility index (Phi) is 6.80. The zero-order valence-corrected chi connectivity index (χ0v) is 13.0. The Morgan fingerprint density at radius 3 is 2.53 bits per heavy atom. The molecule has 0 spiro atoms. The third-order valence-electron chi connectivity index (χ3n) is 4.21. The first-order valence-electron chi connectivity index (χ1n) is 7.66. The highest BCUT2D eigenvalue weighted by Gasteiger charge is 2.34. The van der Waals surface area contributed by atoms with Crippen molar-refractivity contribution < 1.29 is 9.53 Å². The molecule has 0 heterocycles. The van der Waals surface area contributed by atoms with Crippen molar-refractivity contribution in [3.05, 3.63) is 0 Å². The summed E-state index contributed by atoms with van der Waals surface area (Å²) in [5, 5.41) is 3.29. The summed E-state index contributed by atoms with van der Waals surface area (Å²) < 4.78 is 5.20. The van der Waals surface area contributed by atoms with Crippen molar-refractivity contribution in [2.24, 2.45) is 0 Å². The van der Waals surface area contributed by atoms with Crippen LogP contribution in [0.15, 0.2) is 0 Å². The van der Waals surface area contributed by atoms with Crippen molar-refractivity contribution in [3.8, 4) is 0 Å². The monoisotopic (exact) mass is 270 g/mol. The minimum Gasteiger partial charge on any atom is -0.465 e. The van der Waals surface area contributed by atoms with Crippen LogP contribution < -0.4 is 5.32 Å². The van der Waals surface area contributed by atoms with Crippen LogP contribution in [-0.4, -0.2) is 49.2 Å². The molecule has 1 N–H and O–H groups in total. The van der Waals surface area contributed by atoms with E-state index in [1.807, 2.05) is 20.8 Å². The number of ether oxygens (including phenoxy) is 1. The Morgan fingerprint density at radius 2 is 2.00 bits per heavy atom. The summed E-state index contributed by atoms with van der Waals surface area (Å²) in [7, 11) is 2.17. The zero-order valence-electron chi connectivity index (χ0n) is 13.0. The molecule has 1 fully saturated rings. The second-order valence-corrected chi connectivity index (χ2v) is 5.75. The SMILES string of the molecule is CCNC(C)(CCN(C)C1CCCC1)C(=O)OCC. The van der Waals surface area contributed by atoms with E-state index in [4.69, 9.17) is 4.74 Å². The maximum atomic E-state index is 12.1. The Hall–Kier alpha value is -0.610. The molecule has 19 heavy (non-hydrogen) atoms. The van der Waals surface area contributed by atoms with Gasteiger partial charge in [0.15, 0.2) is 0 Å². The van der Waals surface area contributed by atoms with Crippen LogP contribution in [0.1, 0.15) is 52.9 Å². The number of esters is 1. The number of carbonyl (C=O) groups is 1. The van der Waals surface area contributed by atoms with Crippen molar-refractivity contribution in [1.29, 1.82) is 0 Å². The van der Waals surface area contributed by atoms with E-state index in [1.165, 1.54) is 25.7 Å². The van der Waals surface area contributed by atoms with Crippen molar-refractivity contribution in [1.82, 2.24) is 10.2 Å². The second kappa shape index (κ2) is 7.85. The molecule has 0 saturated heterocycles. The predicted octanol–water partition coefficient (Wildman–Crippen LogP) is 2.18. The lowest BCUT2D eigenvalue weighted by atomic mass is 9.97. The fourth-order valence-electron chi connectivity index (χ4n) is 2.87. The van der Waals surface area contributed by atoms with Crippen LogP contribution in [0.25, 0.3) is 0 Å². The summed E-state index contributed by atoms with van der Waals surface area (Å²) >= 11 is 0. The molecule has 0 amide bonds. The fourth-order valence-corrected chi connectivity index (χ4v) is 2.87. The summed E-state index contributed by atoms with van der Waals surface area (Å²) in [5.41, 5.74) is -0.558. The van der Waals surface area contributed by atoms with Crippen molar-refractivity contribution in [3.63, 3.8) is 0 Å². The largest absolute Gasteiger partial charge is 0.465 e. The molecule has 0 bridgehead atoms. The van der Waals surface area contributed by atoms with Crippen LogP contribution in [0.5, 0.6) is 0 Å². The van der Waals surface area contributed by atoms with Gasteiger partial charge < -0.3 is 15.0 Å². The molecule has 1 atom stereocenters. The molecule has 4 heteroatoms. The Balaban J connectivity index is 2.49. The van der Waals surface area contributed by atoms with E-state index >= 15 is 0 Å². The highest BCUT2D eigenvalue weighted by molar-refractivity contribution is 5.80. The Bertz CT molecular complexity index is 277. The van der Waals surface area contributed by atoms with Crippen LogP contribution in [-0.2, 0) is 9.53 Å². The second-order valence-electron chi connectivity index (χ2n) is 5.75. The van der Waals surface area contributed by atoms with Gasteiger partial charge in [-0.25, -0.2) is 0 Å². The summed E-state index contributed by atoms with van der Waals surface area (Å²) in [6, 6.07) is 0.702. The van der Waals surface area contributed by atoms with Crippen LogP contribution in [0.4, 0.5) is 0 Å². The van der Waals surface area contributed by atoms with Gasteiger partial charge in [0.05, 0.1) is 6.61 Å². The highest BCUT2D eigenvalue weighted by Crippen LogP contribution is 2.23. The number of likely N-dealkylation sites (N-methyl/N-ethyl adjacent to an activating group) is 1. The summed E-state index contributed by atoms with van der Waals surface area (Å²) in [4.78, 5) is 14.5. The molecule has 1 aliphatic carbocycles. The Morgan fingerprint density at radius 1 is 1.37 bits per heavy atom. The molecule has 0 radical (unpaired) electrons. The normalized spacial score (nSPS) is 19.6. The molecule has 0 aromatic heterocycles. The molecule has 1 aliphatic rings. The van der Waals surface area contributed by atoms with E-state index in [1.54, 1.807) is 0 Å². The lowest BCUT2D eigenvalue weighted by molar-refractivity contribution is -0.151. The molecule has 0 aromatic rings. The first-order chi connectivity index (χ1) is 9.03. The predicted molar refractivity (Wildman–Crippen MR) is 78.2 cm³/mol. The van der Waals surface area contributed by atoms with E-state index in [-0.39, 0.29) is 5.97 Å². The molecule has 1 saturated carbocycles. The van der Waals surface area contributed by atoms with E-state index < -0.39 is 5.54 Å². The van der Waals surface area contributed by atoms with Crippen molar-refractivity contribution >= 4 is 5.97 Å². The molecular weight excluding hydrogens is 240 g/mol. The van der Waals surface area contributed by atoms with Crippen molar-refractivity contribution in [2.75, 3.05) is 26.7 Å². The number of nitrogens with zero attached hydrogens (tertiary/aromatic N) is 1. The number of nitrogens with one attached hydrogen (secondary N) is 1. The summed E-state index contributed by atoms with van der Waals surface area (Å²) in [6.45, 7) is 8.00. The van der Waals surface area contributed by atoms with Gasteiger partial charge in [0, 0.05) is 12.6 Å². The topological polar surface area (TPSA) is 41.6 Å². The summed E-state index contributed by atoms with van der Waals surface area (Å²) in [6.07, 6.45) is 6.09. The molecular formula is C15H30N2O2. The van der Waals surface area contributed by atoms with Gasteiger partial charge in [0.1, 0.15) is 5.54 Å². The van der Waals surface area contributed by atoms with Gasteiger partial charge in [0.25, 0.3) is 0 Å². The highest BCUT2D eigenvalue weighted by atomic mass is 16.5. The fraction of sp³-hybridized carbons (Fsp3) is 0.933. The minimum atomic E-state index is -0.558. The maximum absolute atomic E-state index is 12.1. The Labute approximate surface area is 117 Å². The lowest BCUT2D eigenvalue weighted by Crippen LogP contribution is -2.52. The average molecular weight is 270 g/mol. The third kappa shape index (κ3) is 4.77. The first kappa shape index (κ1) is 16.4. The molecule has 4 nitrogen and oxygen atoms in total. The maximum Gasteiger partial charge on any atom is 0.326 e. The number of carbonyl (C=O) groups excluding carboxylic acids is 1. The zero-order chi connectivity index (χ0) is 14.3. The summed E-state index contributed by atoms with van der Waals surface area (Å²) in [5.74, 6) is -0.128.